The maximum Gasteiger partial charge on any atom is 0.155 e. The summed E-state index contributed by atoms with van der Waals surface area (Å²) in [6, 6.07) is 9.53. The standard InChI is InChI=1S/C12H14O2/c1-2-11(13)7-6-10-14-12-8-4-3-5-9-12/h3-9H,2,10H2,1H3. The zero-order chi connectivity index (χ0) is 10.2. The summed E-state index contributed by atoms with van der Waals surface area (Å²) in [5.41, 5.74) is 0. The lowest BCUT2D eigenvalue weighted by Gasteiger charge is -2.00. The summed E-state index contributed by atoms with van der Waals surface area (Å²) in [5.74, 6) is 0.947. The predicted molar refractivity (Wildman–Crippen MR) is 56.4 cm³/mol. The molecular weight excluding hydrogens is 176 g/mol. The topological polar surface area (TPSA) is 26.3 Å². The van der Waals surface area contributed by atoms with Gasteiger partial charge in [0.05, 0.1) is 0 Å². The summed E-state index contributed by atoms with van der Waals surface area (Å²) < 4.78 is 5.36. The van der Waals surface area contributed by atoms with E-state index in [0.29, 0.717) is 13.0 Å². The van der Waals surface area contributed by atoms with E-state index in [-0.39, 0.29) is 5.78 Å². The van der Waals surface area contributed by atoms with Gasteiger partial charge in [0.2, 0.25) is 0 Å². The van der Waals surface area contributed by atoms with Crippen LogP contribution < -0.4 is 4.74 Å². The van der Waals surface area contributed by atoms with E-state index < -0.39 is 0 Å². The monoisotopic (exact) mass is 190 g/mol. The molecule has 0 amide bonds. The molecule has 2 nitrogen and oxygen atoms in total. The van der Waals surface area contributed by atoms with E-state index in [9.17, 15) is 4.79 Å². The van der Waals surface area contributed by atoms with Crippen LogP contribution in [-0.4, -0.2) is 12.4 Å². The van der Waals surface area contributed by atoms with Gasteiger partial charge in [0, 0.05) is 6.42 Å². The zero-order valence-electron chi connectivity index (χ0n) is 8.27. The lowest BCUT2D eigenvalue weighted by atomic mass is 10.3. The first-order chi connectivity index (χ1) is 6.83. The maximum atomic E-state index is 10.9. The van der Waals surface area contributed by atoms with Gasteiger partial charge >= 0.3 is 0 Å². The highest BCUT2D eigenvalue weighted by atomic mass is 16.5. The van der Waals surface area contributed by atoms with Crippen molar-refractivity contribution in [2.24, 2.45) is 0 Å². The molecule has 0 aliphatic carbocycles. The normalized spacial score (nSPS) is 10.4. The molecule has 0 aliphatic rings. The third-order valence-corrected chi connectivity index (χ3v) is 1.74. The average molecular weight is 190 g/mol. The molecule has 0 spiro atoms. The highest BCUT2D eigenvalue weighted by Crippen LogP contribution is 2.07. The minimum Gasteiger partial charge on any atom is -0.490 e. The van der Waals surface area contributed by atoms with Gasteiger partial charge in [-0.2, -0.15) is 0 Å². The molecule has 0 fully saturated rings. The molecule has 1 rings (SSSR count). The van der Waals surface area contributed by atoms with Gasteiger partial charge in [-0.05, 0) is 24.3 Å². The Balaban J connectivity index is 2.29. The fraction of sp³-hybridized carbons (Fsp3) is 0.250. The molecule has 74 valence electrons. The lowest BCUT2D eigenvalue weighted by molar-refractivity contribution is -0.114. The van der Waals surface area contributed by atoms with Crippen molar-refractivity contribution in [3.63, 3.8) is 0 Å². The lowest BCUT2D eigenvalue weighted by Crippen LogP contribution is -1.95. The molecular formula is C12H14O2. The van der Waals surface area contributed by atoms with Crippen LogP contribution in [0.25, 0.3) is 0 Å². The fourth-order valence-corrected chi connectivity index (χ4v) is 0.958. The summed E-state index contributed by atoms with van der Waals surface area (Å²) in [6.45, 7) is 2.28. The number of ketones is 1. The quantitative estimate of drug-likeness (QED) is 0.667. The van der Waals surface area contributed by atoms with Gasteiger partial charge in [-0.15, -0.1) is 0 Å². The Morgan fingerprint density at radius 1 is 1.36 bits per heavy atom. The number of ether oxygens (including phenoxy) is 1. The number of para-hydroxylation sites is 1. The molecule has 0 saturated carbocycles. The van der Waals surface area contributed by atoms with E-state index in [2.05, 4.69) is 0 Å². The van der Waals surface area contributed by atoms with Crippen molar-refractivity contribution < 1.29 is 9.53 Å². The number of hydrogen-bond acceptors (Lipinski definition) is 2. The third kappa shape index (κ3) is 3.90. The van der Waals surface area contributed by atoms with E-state index in [4.69, 9.17) is 4.74 Å². The van der Waals surface area contributed by atoms with Crippen LogP contribution in [0, 0.1) is 0 Å². The van der Waals surface area contributed by atoms with Crippen LogP contribution in [0.5, 0.6) is 5.75 Å². The molecule has 1 aromatic carbocycles. The van der Waals surface area contributed by atoms with E-state index >= 15 is 0 Å². The van der Waals surface area contributed by atoms with E-state index in [0.717, 1.165) is 5.75 Å². The summed E-state index contributed by atoms with van der Waals surface area (Å²) in [4.78, 5) is 10.9. The second kappa shape index (κ2) is 5.97. The number of hydrogen-bond donors (Lipinski definition) is 0. The number of carbonyl (C=O) groups is 1. The van der Waals surface area contributed by atoms with Crippen LogP contribution in [0.4, 0.5) is 0 Å². The molecule has 14 heavy (non-hydrogen) atoms. The molecule has 0 radical (unpaired) electrons. The molecule has 0 heterocycles. The van der Waals surface area contributed by atoms with Crippen LogP contribution in [0.2, 0.25) is 0 Å². The molecule has 0 bridgehead atoms. The van der Waals surface area contributed by atoms with Crippen molar-refractivity contribution in [3.05, 3.63) is 42.5 Å². The first-order valence-electron chi connectivity index (χ1n) is 4.70. The average Bonchev–Trinajstić information content (AvgIpc) is 2.25. The first-order valence-corrected chi connectivity index (χ1v) is 4.70. The summed E-state index contributed by atoms with van der Waals surface area (Å²) in [5, 5.41) is 0. The van der Waals surface area contributed by atoms with Gasteiger partial charge in [0.1, 0.15) is 12.4 Å². The number of carbonyl (C=O) groups excluding carboxylic acids is 1. The first kappa shape index (κ1) is 10.5. The Bertz CT molecular complexity index is 301. The second-order valence-electron chi connectivity index (χ2n) is 2.85. The smallest absolute Gasteiger partial charge is 0.155 e. The molecule has 2 heteroatoms. The SMILES string of the molecule is CCC(=O)C=CCOc1ccccc1. The van der Waals surface area contributed by atoms with Crippen LogP contribution in [0.3, 0.4) is 0 Å². The van der Waals surface area contributed by atoms with E-state index in [1.807, 2.05) is 37.3 Å². The Kier molecular flexibility index (Phi) is 4.48. The highest BCUT2D eigenvalue weighted by molar-refractivity contribution is 5.89. The minimum absolute atomic E-state index is 0.127. The van der Waals surface area contributed by atoms with E-state index in [1.54, 1.807) is 12.2 Å². The van der Waals surface area contributed by atoms with Gasteiger partial charge in [-0.3, -0.25) is 4.79 Å². The van der Waals surface area contributed by atoms with Crippen molar-refractivity contribution in [2.45, 2.75) is 13.3 Å². The molecule has 0 N–H and O–H groups in total. The molecule has 0 unspecified atom stereocenters. The summed E-state index contributed by atoms with van der Waals surface area (Å²) in [7, 11) is 0. The number of benzene rings is 1. The van der Waals surface area contributed by atoms with Crippen molar-refractivity contribution in [3.8, 4) is 5.75 Å². The van der Waals surface area contributed by atoms with Gasteiger partial charge in [-0.1, -0.05) is 25.1 Å². The Labute approximate surface area is 84.2 Å². The van der Waals surface area contributed by atoms with Crippen molar-refractivity contribution >= 4 is 5.78 Å². The zero-order valence-corrected chi connectivity index (χ0v) is 8.27. The van der Waals surface area contributed by atoms with Crippen LogP contribution in [0.15, 0.2) is 42.5 Å². The second-order valence-corrected chi connectivity index (χ2v) is 2.85. The molecule has 0 aliphatic heterocycles. The summed E-state index contributed by atoms with van der Waals surface area (Å²) >= 11 is 0. The Morgan fingerprint density at radius 2 is 2.07 bits per heavy atom. The van der Waals surface area contributed by atoms with Crippen molar-refractivity contribution in [2.75, 3.05) is 6.61 Å². The largest absolute Gasteiger partial charge is 0.490 e. The molecule has 0 atom stereocenters. The molecule has 0 saturated heterocycles. The summed E-state index contributed by atoms with van der Waals surface area (Å²) in [6.07, 6.45) is 3.84. The maximum absolute atomic E-state index is 10.9. The number of allylic oxidation sites excluding steroid dienone is 1. The van der Waals surface area contributed by atoms with Crippen molar-refractivity contribution in [1.29, 1.82) is 0 Å². The van der Waals surface area contributed by atoms with Crippen LogP contribution in [-0.2, 0) is 4.79 Å². The molecule has 1 aromatic rings. The number of rotatable bonds is 5. The Morgan fingerprint density at radius 3 is 2.71 bits per heavy atom. The van der Waals surface area contributed by atoms with Crippen LogP contribution >= 0.6 is 0 Å². The predicted octanol–water partition coefficient (Wildman–Crippen LogP) is 2.60. The highest BCUT2D eigenvalue weighted by Gasteiger charge is 1.90. The van der Waals surface area contributed by atoms with Gasteiger partial charge < -0.3 is 4.74 Å². The molecule has 0 aromatic heterocycles. The fourth-order valence-electron chi connectivity index (χ4n) is 0.958. The third-order valence-electron chi connectivity index (χ3n) is 1.74. The van der Waals surface area contributed by atoms with Gasteiger partial charge in [0.25, 0.3) is 0 Å². The van der Waals surface area contributed by atoms with Gasteiger partial charge in [0.15, 0.2) is 5.78 Å². The van der Waals surface area contributed by atoms with Gasteiger partial charge in [-0.25, -0.2) is 0 Å². The Hall–Kier alpha value is -1.57. The van der Waals surface area contributed by atoms with Crippen LogP contribution in [0.1, 0.15) is 13.3 Å². The van der Waals surface area contributed by atoms with E-state index in [1.165, 1.54) is 0 Å². The minimum atomic E-state index is 0.127. The van der Waals surface area contributed by atoms with Crippen molar-refractivity contribution in [1.82, 2.24) is 0 Å².